The molecule has 0 radical (unpaired) electrons. The number of unbranched alkanes of at least 4 members (excludes halogenated alkanes) is 1. The fraction of sp³-hybridized carbons (Fsp3) is 0.636. The minimum Gasteiger partial charge on any atom is -0.303 e. The second-order valence-corrected chi connectivity index (χ2v) is 2.74. The van der Waals surface area contributed by atoms with E-state index in [0.29, 0.717) is 6.42 Å². The van der Waals surface area contributed by atoms with Crippen molar-refractivity contribution in [2.45, 2.75) is 40.5 Å². The molecule has 0 spiro atoms. The van der Waals surface area contributed by atoms with Gasteiger partial charge in [-0.1, -0.05) is 26.8 Å². The molecule has 0 N–H and O–H groups in total. The fourth-order valence-electron chi connectivity index (χ4n) is 0.118. The number of allylic oxidation sites excluding steroid dienone is 1. The highest BCUT2D eigenvalue weighted by Crippen LogP contribution is 1.78. The Balaban J connectivity index is -0.000000120. The molecule has 0 aromatic carbocycles. The summed E-state index contributed by atoms with van der Waals surface area (Å²) in [6, 6.07) is 0. The third-order valence-corrected chi connectivity index (χ3v) is 0.679. The molecular weight excluding hydrogens is 164 g/mol. The summed E-state index contributed by atoms with van der Waals surface area (Å²) < 4.78 is 0. The van der Waals surface area contributed by atoms with Crippen LogP contribution in [0, 0.1) is 5.92 Å². The van der Waals surface area contributed by atoms with Gasteiger partial charge in [-0.25, -0.2) is 0 Å². The molecule has 0 bridgehead atoms. The summed E-state index contributed by atoms with van der Waals surface area (Å²) in [5.41, 5.74) is 0. The van der Waals surface area contributed by atoms with E-state index in [4.69, 9.17) is 0 Å². The summed E-state index contributed by atoms with van der Waals surface area (Å²) in [5.74, 6) is 0.204. The largest absolute Gasteiger partial charge is 0.303 e. The lowest BCUT2D eigenvalue weighted by Crippen LogP contribution is -1.82. The highest BCUT2D eigenvalue weighted by molar-refractivity contribution is 5.51. The molecule has 2 nitrogen and oxygen atoms in total. The van der Waals surface area contributed by atoms with E-state index in [-0.39, 0.29) is 5.92 Å². The van der Waals surface area contributed by atoms with Gasteiger partial charge in [0.2, 0.25) is 0 Å². The van der Waals surface area contributed by atoms with Gasteiger partial charge in [-0.05, 0) is 13.3 Å². The summed E-state index contributed by atoms with van der Waals surface area (Å²) in [6.07, 6.45) is 5.28. The zero-order valence-electron chi connectivity index (χ0n) is 9.25. The Morgan fingerprint density at radius 2 is 1.62 bits per heavy atom. The maximum Gasteiger partial charge on any atom is 0.122 e. The topological polar surface area (TPSA) is 34.1 Å². The van der Waals surface area contributed by atoms with Gasteiger partial charge in [-0.3, -0.25) is 0 Å². The summed E-state index contributed by atoms with van der Waals surface area (Å²) in [7, 11) is 0. The maximum absolute atomic E-state index is 9.50. The van der Waals surface area contributed by atoms with Crippen LogP contribution in [0.4, 0.5) is 0 Å². The molecule has 13 heavy (non-hydrogen) atoms. The van der Waals surface area contributed by atoms with Crippen molar-refractivity contribution in [3.63, 3.8) is 0 Å². The van der Waals surface area contributed by atoms with E-state index in [1.165, 1.54) is 0 Å². The van der Waals surface area contributed by atoms with Gasteiger partial charge in [0.25, 0.3) is 0 Å². The lowest BCUT2D eigenvalue weighted by atomic mass is 10.3. The summed E-state index contributed by atoms with van der Waals surface area (Å²) >= 11 is 0. The van der Waals surface area contributed by atoms with Crippen LogP contribution >= 0.6 is 0 Å². The van der Waals surface area contributed by atoms with Gasteiger partial charge in [-0.15, -0.1) is 6.58 Å². The monoisotopic (exact) mass is 186 g/mol. The van der Waals surface area contributed by atoms with Crippen molar-refractivity contribution in [1.29, 1.82) is 0 Å². The first-order valence-electron chi connectivity index (χ1n) is 4.56. The lowest BCUT2D eigenvalue weighted by Gasteiger charge is -1.78. The van der Waals surface area contributed by atoms with Crippen LogP contribution in [0.15, 0.2) is 12.7 Å². The molecule has 78 valence electrons. The molecule has 0 aliphatic heterocycles. The molecule has 0 saturated carbocycles. The Kier molecular flexibility index (Phi) is 31.1. The van der Waals surface area contributed by atoms with E-state index >= 15 is 0 Å². The zero-order valence-corrected chi connectivity index (χ0v) is 9.25. The van der Waals surface area contributed by atoms with Crippen molar-refractivity contribution in [2.75, 3.05) is 0 Å². The number of hydrogen-bond donors (Lipinski definition) is 0. The number of hydrogen-bond acceptors (Lipinski definition) is 2. The molecule has 0 fully saturated rings. The summed E-state index contributed by atoms with van der Waals surface area (Å²) in [5, 5.41) is 0. The molecule has 0 aromatic rings. The standard InChI is InChI=1S/2C4H8O.C3H6/c1-4(2)3-5;1-2-3-4-5;1-3-2/h3-4H,1-2H3;4H,2-3H2,1H3;3H,1H2,2H3. The van der Waals surface area contributed by atoms with Crippen molar-refractivity contribution in [3.05, 3.63) is 12.7 Å². The van der Waals surface area contributed by atoms with Gasteiger partial charge >= 0.3 is 0 Å². The van der Waals surface area contributed by atoms with Crippen LogP contribution in [-0.4, -0.2) is 12.6 Å². The van der Waals surface area contributed by atoms with Gasteiger partial charge in [0.05, 0.1) is 0 Å². The van der Waals surface area contributed by atoms with Crippen LogP contribution in [0.3, 0.4) is 0 Å². The third kappa shape index (κ3) is 96.3. The molecule has 0 saturated heterocycles. The highest BCUT2D eigenvalue weighted by atomic mass is 16.1. The van der Waals surface area contributed by atoms with E-state index in [2.05, 4.69) is 6.58 Å². The van der Waals surface area contributed by atoms with Gasteiger partial charge in [-0.2, -0.15) is 0 Å². The van der Waals surface area contributed by atoms with E-state index in [9.17, 15) is 9.59 Å². The van der Waals surface area contributed by atoms with E-state index < -0.39 is 0 Å². The molecule has 2 heteroatoms. The normalized spacial score (nSPS) is 7.15. The Morgan fingerprint density at radius 3 is 1.62 bits per heavy atom. The smallest absolute Gasteiger partial charge is 0.122 e. The second kappa shape index (κ2) is 22.5. The maximum atomic E-state index is 9.50. The second-order valence-electron chi connectivity index (χ2n) is 2.74. The molecule has 0 heterocycles. The summed E-state index contributed by atoms with van der Waals surface area (Å²) in [6.45, 7) is 10.9. The number of rotatable bonds is 3. The Morgan fingerprint density at radius 1 is 1.31 bits per heavy atom. The average molecular weight is 186 g/mol. The minimum absolute atomic E-state index is 0.204. The molecule has 0 aromatic heterocycles. The molecule has 0 rings (SSSR count). The molecule has 0 aliphatic rings. The SMILES string of the molecule is C=CC.CC(C)C=O.CCCC=O. The van der Waals surface area contributed by atoms with Crippen LogP contribution in [0.25, 0.3) is 0 Å². The van der Waals surface area contributed by atoms with Crippen LogP contribution in [-0.2, 0) is 9.59 Å². The Hall–Kier alpha value is -0.920. The predicted octanol–water partition coefficient (Wildman–Crippen LogP) is 3.02. The van der Waals surface area contributed by atoms with Crippen LogP contribution in [0.5, 0.6) is 0 Å². The van der Waals surface area contributed by atoms with Crippen molar-refractivity contribution in [3.8, 4) is 0 Å². The predicted molar refractivity (Wildman–Crippen MR) is 57.7 cm³/mol. The van der Waals surface area contributed by atoms with Crippen LogP contribution in [0.1, 0.15) is 40.5 Å². The number of carbonyl (C=O) groups is 2. The summed E-state index contributed by atoms with van der Waals surface area (Å²) in [4.78, 5) is 18.9. The number of carbonyl (C=O) groups excluding carboxylic acids is 2. The van der Waals surface area contributed by atoms with E-state index in [0.717, 1.165) is 19.0 Å². The highest BCUT2D eigenvalue weighted by Gasteiger charge is 1.79. The first-order chi connectivity index (χ1) is 6.10. The Labute approximate surface area is 82.0 Å². The fourth-order valence-corrected chi connectivity index (χ4v) is 0.118. The lowest BCUT2D eigenvalue weighted by molar-refractivity contribution is -0.110. The third-order valence-electron chi connectivity index (χ3n) is 0.679. The quantitative estimate of drug-likeness (QED) is 0.501. The van der Waals surface area contributed by atoms with Gasteiger partial charge in [0, 0.05) is 12.3 Å². The van der Waals surface area contributed by atoms with Gasteiger partial charge in [0.15, 0.2) is 0 Å². The zero-order chi connectivity index (χ0) is 11.1. The van der Waals surface area contributed by atoms with Crippen molar-refractivity contribution in [1.82, 2.24) is 0 Å². The van der Waals surface area contributed by atoms with Gasteiger partial charge in [0.1, 0.15) is 12.6 Å². The van der Waals surface area contributed by atoms with E-state index in [1.54, 1.807) is 6.08 Å². The van der Waals surface area contributed by atoms with Crippen LogP contribution < -0.4 is 0 Å². The van der Waals surface area contributed by atoms with Crippen LogP contribution in [0.2, 0.25) is 0 Å². The molecule has 0 unspecified atom stereocenters. The average Bonchev–Trinajstić information content (AvgIpc) is 2.08. The molecular formula is C11H22O2. The molecule has 0 aliphatic carbocycles. The first-order valence-corrected chi connectivity index (χ1v) is 4.56. The van der Waals surface area contributed by atoms with Gasteiger partial charge < -0.3 is 9.59 Å². The Bertz CT molecular complexity index is 107. The molecule has 0 atom stereocenters. The number of aldehydes is 2. The van der Waals surface area contributed by atoms with Crippen molar-refractivity contribution >= 4 is 12.6 Å². The minimum atomic E-state index is 0.204. The first kappa shape index (κ1) is 18.0. The molecule has 0 amide bonds. The van der Waals surface area contributed by atoms with Crippen molar-refractivity contribution < 1.29 is 9.59 Å². The van der Waals surface area contributed by atoms with Crippen molar-refractivity contribution in [2.24, 2.45) is 5.92 Å². The van der Waals surface area contributed by atoms with E-state index in [1.807, 2.05) is 27.7 Å².